The summed E-state index contributed by atoms with van der Waals surface area (Å²) in [6, 6.07) is 0. The van der Waals surface area contributed by atoms with Crippen molar-refractivity contribution in [2.75, 3.05) is 26.9 Å². The maximum Gasteiger partial charge on any atom is 0.305 e. The van der Waals surface area contributed by atoms with Crippen molar-refractivity contribution in [3.8, 4) is 0 Å². The van der Waals surface area contributed by atoms with Crippen LogP contribution in [-0.4, -0.2) is 49.5 Å². The SMILES string of the molecule is CCCCCCCCCCCCCCCCCC(=O)OCCC(CO)(CCOC(=O)CCCCCCCCCCCCCCCCC)NC. The molecule has 0 rings (SSSR count). The van der Waals surface area contributed by atoms with E-state index in [0.717, 1.165) is 25.7 Å². The first-order valence-electron chi connectivity index (χ1n) is 21.6. The molecular weight excluding hydrogens is 610 g/mol. The highest BCUT2D eigenvalue weighted by Gasteiger charge is 2.28. The van der Waals surface area contributed by atoms with E-state index in [9.17, 15) is 14.7 Å². The largest absolute Gasteiger partial charge is 0.466 e. The number of likely N-dealkylation sites (N-methyl/N-ethyl adjacent to an activating group) is 1. The van der Waals surface area contributed by atoms with E-state index >= 15 is 0 Å². The van der Waals surface area contributed by atoms with Crippen molar-refractivity contribution >= 4 is 11.9 Å². The Morgan fingerprint density at radius 1 is 0.449 bits per heavy atom. The van der Waals surface area contributed by atoms with Crippen LogP contribution in [0.25, 0.3) is 0 Å². The lowest BCUT2D eigenvalue weighted by atomic mass is 9.93. The first-order chi connectivity index (χ1) is 24.0. The molecule has 0 aromatic carbocycles. The van der Waals surface area contributed by atoms with Gasteiger partial charge in [0, 0.05) is 31.2 Å². The number of carbonyl (C=O) groups is 2. The highest BCUT2D eigenvalue weighted by molar-refractivity contribution is 5.69. The Balaban J connectivity index is 3.69. The predicted molar refractivity (Wildman–Crippen MR) is 209 cm³/mol. The molecule has 0 aliphatic heterocycles. The van der Waals surface area contributed by atoms with Crippen LogP contribution in [0.5, 0.6) is 0 Å². The Hall–Kier alpha value is -1.14. The van der Waals surface area contributed by atoms with Gasteiger partial charge in [0.15, 0.2) is 0 Å². The fourth-order valence-electron chi connectivity index (χ4n) is 6.76. The van der Waals surface area contributed by atoms with E-state index < -0.39 is 5.54 Å². The van der Waals surface area contributed by atoms with Gasteiger partial charge in [-0.05, 0) is 19.9 Å². The van der Waals surface area contributed by atoms with Gasteiger partial charge in [-0.3, -0.25) is 9.59 Å². The summed E-state index contributed by atoms with van der Waals surface area (Å²) >= 11 is 0. The highest BCUT2D eigenvalue weighted by atomic mass is 16.5. The minimum atomic E-state index is -0.621. The van der Waals surface area contributed by atoms with Crippen molar-refractivity contribution in [3.63, 3.8) is 0 Å². The van der Waals surface area contributed by atoms with Crippen molar-refractivity contribution < 1.29 is 24.2 Å². The molecule has 0 saturated heterocycles. The maximum absolute atomic E-state index is 12.2. The topological polar surface area (TPSA) is 84.9 Å². The molecule has 0 radical (unpaired) electrons. The zero-order valence-corrected chi connectivity index (χ0v) is 33.2. The molecule has 0 aromatic heterocycles. The zero-order chi connectivity index (χ0) is 35.9. The summed E-state index contributed by atoms with van der Waals surface area (Å²) in [6.45, 7) is 4.96. The van der Waals surface area contributed by atoms with Crippen molar-refractivity contribution in [2.45, 2.75) is 238 Å². The molecular formula is C43H85NO5. The number of carbonyl (C=O) groups excluding carboxylic acids is 2. The lowest BCUT2D eigenvalue weighted by Gasteiger charge is -2.31. The molecule has 0 amide bonds. The Bertz CT molecular complexity index is 642. The average Bonchev–Trinajstić information content (AvgIpc) is 3.11. The number of hydrogen-bond donors (Lipinski definition) is 2. The summed E-state index contributed by atoms with van der Waals surface area (Å²) in [5, 5.41) is 13.2. The highest BCUT2D eigenvalue weighted by Crippen LogP contribution is 2.18. The summed E-state index contributed by atoms with van der Waals surface area (Å²) in [4.78, 5) is 24.5. The molecule has 0 saturated carbocycles. The molecule has 292 valence electrons. The van der Waals surface area contributed by atoms with Crippen LogP contribution in [0.1, 0.15) is 232 Å². The van der Waals surface area contributed by atoms with E-state index in [1.807, 2.05) is 0 Å². The third kappa shape index (κ3) is 33.7. The molecule has 0 heterocycles. The molecule has 2 N–H and O–H groups in total. The standard InChI is InChI=1S/C43H85NO5/c1-4-6-8-10-12-14-16-18-20-22-24-26-28-30-32-34-41(46)48-38-36-43(40-45,44-3)37-39-49-42(47)35-33-31-29-27-25-23-21-19-17-15-13-11-9-7-5-2/h44-45H,4-40H2,1-3H3. The molecule has 0 spiro atoms. The number of aliphatic hydroxyl groups is 1. The van der Waals surface area contributed by atoms with E-state index in [2.05, 4.69) is 19.2 Å². The van der Waals surface area contributed by atoms with Crippen LogP contribution in [0.3, 0.4) is 0 Å². The summed E-state index contributed by atoms with van der Waals surface area (Å²) in [5.41, 5.74) is -0.621. The van der Waals surface area contributed by atoms with E-state index in [1.54, 1.807) is 7.05 Å². The van der Waals surface area contributed by atoms with Gasteiger partial charge in [0.25, 0.3) is 0 Å². The van der Waals surface area contributed by atoms with Crippen LogP contribution < -0.4 is 5.32 Å². The van der Waals surface area contributed by atoms with Crippen LogP contribution in [0.2, 0.25) is 0 Å². The summed E-state index contributed by atoms with van der Waals surface area (Å²) in [5.74, 6) is -0.319. The average molecular weight is 696 g/mol. The second-order valence-corrected chi connectivity index (χ2v) is 15.0. The Labute approximate surface area is 305 Å². The Morgan fingerprint density at radius 3 is 0.918 bits per heavy atom. The van der Waals surface area contributed by atoms with Crippen molar-refractivity contribution in [1.29, 1.82) is 0 Å². The minimum Gasteiger partial charge on any atom is -0.466 e. The minimum absolute atomic E-state index is 0.101. The first kappa shape index (κ1) is 47.9. The molecule has 0 aromatic rings. The summed E-state index contributed by atoms with van der Waals surface area (Å²) in [6.07, 6.45) is 41.0. The van der Waals surface area contributed by atoms with Crippen molar-refractivity contribution in [1.82, 2.24) is 5.32 Å². The van der Waals surface area contributed by atoms with Gasteiger partial charge in [-0.1, -0.05) is 194 Å². The van der Waals surface area contributed by atoms with E-state index in [-0.39, 0.29) is 31.8 Å². The molecule has 0 bridgehead atoms. The lowest BCUT2D eigenvalue weighted by molar-refractivity contribution is -0.144. The zero-order valence-electron chi connectivity index (χ0n) is 33.2. The molecule has 0 atom stereocenters. The van der Waals surface area contributed by atoms with Gasteiger partial charge < -0.3 is 19.9 Å². The fourth-order valence-corrected chi connectivity index (χ4v) is 6.76. The van der Waals surface area contributed by atoms with Crippen LogP contribution in [-0.2, 0) is 19.1 Å². The van der Waals surface area contributed by atoms with Gasteiger partial charge in [0.2, 0.25) is 0 Å². The van der Waals surface area contributed by atoms with Gasteiger partial charge in [0.05, 0.1) is 19.8 Å². The number of hydrogen-bond acceptors (Lipinski definition) is 6. The molecule has 49 heavy (non-hydrogen) atoms. The first-order valence-corrected chi connectivity index (χ1v) is 21.6. The van der Waals surface area contributed by atoms with Crippen LogP contribution in [0.4, 0.5) is 0 Å². The molecule has 0 aliphatic carbocycles. The van der Waals surface area contributed by atoms with Gasteiger partial charge >= 0.3 is 11.9 Å². The van der Waals surface area contributed by atoms with E-state index in [1.165, 1.54) is 167 Å². The number of rotatable bonds is 40. The van der Waals surface area contributed by atoms with Crippen molar-refractivity contribution in [3.05, 3.63) is 0 Å². The van der Waals surface area contributed by atoms with Crippen molar-refractivity contribution in [2.24, 2.45) is 0 Å². The number of nitrogens with one attached hydrogen (secondary N) is 1. The number of unbranched alkanes of at least 4 members (excludes halogenated alkanes) is 28. The fraction of sp³-hybridized carbons (Fsp3) is 0.953. The molecule has 6 heteroatoms. The molecule has 0 aliphatic rings. The number of esters is 2. The normalized spacial score (nSPS) is 11.7. The van der Waals surface area contributed by atoms with Crippen LogP contribution in [0.15, 0.2) is 0 Å². The molecule has 6 nitrogen and oxygen atoms in total. The second kappa shape index (κ2) is 38.1. The van der Waals surface area contributed by atoms with E-state index in [0.29, 0.717) is 25.7 Å². The third-order valence-corrected chi connectivity index (χ3v) is 10.5. The smallest absolute Gasteiger partial charge is 0.305 e. The number of ether oxygens (including phenoxy) is 2. The number of aliphatic hydroxyl groups excluding tert-OH is 1. The van der Waals surface area contributed by atoms with Gasteiger partial charge in [-0.15, -0.1) is 0 Å². The van der Waals surface area contributed by atoms with Gasteiger partial charge in [-0.25, -0.2) is 0 Å². The van der Waals surface area contributed by atoms with Crippen LogP contribution >= 0.6 is 0 Å². The summed E-state index contributed by atoms with van der Waals surface area (Å²) in [7, 11) is 1.80. The third-order valence-electron chi connectivity index (χ3n) is 10.5. The predicted octanol–water partition coefficient (Wildman–Crippen LogP) is 12.3. The second-order valence-electron chi connectivity index (χ2n) is 15.0. The Morgan fingerprint density at radius 2 is 0.694 bits per heavy atom. The molecule has 0 unspecified atom stereocenters. The van der Waals surface area contributed by atoms with Gasteiger partial charge in [-0.2, -0.15) is 0 Å². The van der Waals surface area contributed by atoms with Gasteiger partial charge in [0.1, 0.15) is 0 Å². The monoisotopic (exact) mass is 696 g/mol. The maximum atomic E-state index is 12.2. The van der Waals surface area contributed by atoms with E-state index in [4.69, 9.17) is 9.47 Å². The molecule has 0 fully saturated rings. The quantitative estimate of drug-likeness (QED) is 0.0490. The summed E-state index contributed by atoms with van der Waals surface area (Å²) < 4.78 is 11.0. The van der Waals surface area contributed by atoms with Crippen LogP contribution in [0, 0.1) is 0 Å². The lowest BCUT2D eigenvalue weighted by Crippen LogP contribution is -2.48. The Kier molecular flexibility index (Phi) is 37.2.